The summed E-state index contributed by atoms with van der Waals surface area (Å²) in [5.41, 5.74) is 1.26. The van der Waals surface area contributed by atoms with Gasteiger partial charge in [-0.15, -0.1) is 0 Å². The monoisotopic (exact) mass is 145 g/mol. The van der Waals surface area contributed by atoms with Gasteiger partial charge in [0, 0.05) is 0 Å². The fourth-order valence-electron chi connectivity index (χ4n) is 0.793. The molecular formula is C6H3N5. The van der Waals surface area contributed by atoms with Crippen LogP contribution in [0, 0.1) is 11.3 Å². The molecule has 0 amide bonds. The zero-order valence-corrected chi connectivity index (χ0v) is 5.44. The maximum atomic E-state index is 8.43. The Hall–Kier alpha value is -1.96. The molecular weight excluding hydrogens is 142 g/mol. The van der Waals surface area contributed by atoms with Crippen molar-refractivity contribution in [1.82, 2.24) is 19.9 Å². The van der Waals surface area contributed by atoms with Crippen molar-refractivity contribution in [2.75, 3.05) is 0 Å². The first-order chi connectivity index (χ1) is 5.40. The molecule has 0 saturated heterocycles. The molecule has 2 aromatic heterocycles. The minimum absolute atomic E-state index is 0.154. The van der Waals surface area contributed by atoms with Gasteiger partial charge in [0.05, 0.1) is 12.5 Å². The van der Waals surface area contributed by atoms with Gasteiger partial charge in [0.25, 0.3) is 0 Å². The molecule has 5 heteroatoms. The van der Waals surface area contributed by atoms with E-state index in [9.17, 15) is 0 Å². The number of fused-ring (bicyclic) bond motifs is 1. The molecule has 52 valence electrons. The summed E-state index contributed by atoms with van der Waals surface area (Å²) in [5, 5.41) is 8.43. The Morgan fingerprint density at radius 3 is 3.18 bits per heavy atom. The Balaban J connectivity index is 2.79. The zero-order chi connectivity index (χ0) is 7.68. The van der Waals surface area contributed by atoms with Gasteiger partial charge in [-0.25, -0.2) is 9.97 Å². The summed E-state index contributed by atoms with van der Waals surface area (Å²) >= 11 is 0. The highest BCUT2D eigenvalue weighted by atomic mass is 15.0. The van der Waals surface area contributed by atoms with E-state index in [1.54, 1.807) is 0 Å². The van der Waals surface area contributed by atoms with Gasteiger partial charge < -0.3 is 4.98 Å². The topological polar surface area (TPSA) is 78.2 Å². The second-order valence-electron chi connectivity index (χ2n) is 1.94. The highest BCUT2D eigenvalue weighted by molar-refractivity contribution is 5.68. The molecule has 0 saturated carbocycles. The van der Waals surface area contributed by atoms with Crippen LogP contribution in [0.4, 0.5) is 0 Å². The number of nitriles is 1. The summed E-state index contributed by atoms with van der Waals surface area (Å²) < 4.78 is 0. The molecule has 11 heavy (non-hydrogen) atoms. The minimum atomic E-state index is 0.154. The number of hydrogen-bond donors (Lipinski definition) is 1. The molecule has 0 atom stereocenters. The van der Waals surface area contributed by atoms with Crippen molar-refractivity contribution in [2.24, 2.45) is 0 Å². The van der Waals surface area contributed by atoms with Crippen molar-refractivity contribution in [2.45, 2.75) is 0 Å². The molecule has 0 fully saturated rings. The largest absolute Gasteiger partial charge is 0.329 e. The first kappa shape index (κ1) is 5.80. The van der Waals surface area contributed by atoms with Gasteiger partial charge in [-0.2, -0.15) is 10.2 Å². The third-order valence-electron chi connectivity index (χ3n) is 1.27. The maximum absolute atomic E-state index is 8.43. The normalized spacial score (nSPS) is 9.73. The van der Waals surface area contributed by atoms with E-state index in [1.165, 1.54) is 12.5 Å². The van der Waals surface area contributed by atoms with Crippen LogP contribution >= 0.6 is 0 Å². The number of hydrogen-bond acceptors (Lipinski definition) is 4. The van der Waals surface area contributed by atoms with E-state index >= 15 is 0 Å². The quantitative estimate of drug-likeness (QED) is 0.575. The molecule has 0 bridgehead atoms. The molecule has 0 spiro atoms. The van der Waals surface area contributed by atoms with Crippen molar-refractivity contribution < 1.29 is 0 Å². The summed E-state index contributed by atoms with van der Waals surface area (Å²) in [7, 11) is 0. The van der Waals surface area contributed by atoms with Crippen molar-refractivity contribution in [3.63, 3.8) is 0 Å². The van der Waals surface area contributed by atoms with Gasteiger partial charge in [0.2, 0.25) is 5.82 Å². The van der Waals surface area contributed by atoms with Gasteiger partial charge >= 0.3 is 0 Å². The molecule has 5 nitrogen and oxygen atoms in total. The van der Waals surface area contributed by atoms with Crippen LogP contribution in [0.25, 0.3) is 11.2 Å². The number of nitrogens with zero attached hydrogens (tertiary/aromatic N) is 4. The second-order valence-corrected chi connectivity index (χ2v) is 1.94. The molecule has 2 rings (SSSR count). The van der Waals surface area contributed by atoms with E-state index in [-0.39, 0.29) is 5.82 Å². The van der Waals surface area contributed by atoms with Gasteiger partial charge in [-0.3, -0.25) is 0 Å². The van der Waals surface area contributed by atoms with Crippen LogP contribution in [0.1, 0.15) is 5.82 Å². The number of nitrogens with one attached hydrogen (secondary N) is 1. The average molecular weight is 145 g/mol. The Labute approximate surface area is 61.7 Å². The summed E-state index contributed by atoms with van der Waals surface area (Å²) in [4.78, 5) is 14.3. The van der Waals surface area contributed by atoms with E-state index in [0.717, 1.165) is 0 Å². The lowest BCUT2D eigenvalue weighted by molar-refractivity contribution is 1.14. The number of rotatable bonds is 0. The molecule has 0 unspecified atom stereocenters. The van der Waals surface area contributed by atoms with Gasteiger partial charge in [0.1, 0.15) is 11.6 Å². The third kappa shape index (κ3) is 0.809. The van der Waals surface area contributed by atoms with E-state index in [2.05, 4.69) is 19.9 Å². The van der Waals surface area contributed by atoms with Crippen molar-refractivity contribution >= 4 is 11.2 Å². The predicted molar refractivity (Wildman–Crippen MR) is 36.4 cm³/mol. The lowest BCUT2D eigenvalue weighted by atomic mass is 10.5. The summed E-state index contributed by atoms with van der Waals surface area (Å²) in [6, 6.07) is 1.84. The molecule has 0 aliphatic carbocycles. The van der Waals surface area contributed by atoms with Crippen LogP contribution in [-0.4, -0.2) is 19.9 Å². The molecule has 0 aliphatic heterocycles. The highest BCUT2D eigenvalue weighted by Gasteiger charge is 1.98. The number of aromatic amines is 1. The fourth-order valence-corrected chi connectivity index (χ4v) is 0.793. The lowest BCUT2D eigenvalue weighted by Crippen LogP contribution is -1.87. The minimum Gasteiger partial charge on any atom is -0.329 e. The van der Waals surface area contributed by atoms with Crippen LogP contribution in [0.15, 0.2) is 12.5 Å². The average Bonchev–Trinajstić information content (AvgIpc) is 2.50. The second kappa shape index (κ2) is 2.02. The fraction of sp³-hybridized carbons (Fsp3) is 0. The van der Waals surface area contributed by atoms with Gasteiger partial charge in [-0.1, -0.05) is 0 Å². The highest BCUT2D eigenvalue weighted by Crippen LogP contribution is 2.02. The van der Waals surface area contributed by atoms with Crippen LogP contribution in [0.3, 0.4) is 0 Å². The Kier molecular flexibility index (Phi) is 1.07. The van der Waals surface area contributed by atoms with Crippen molar-refractivity contribution in [1.29, 1.82) is 5.26 Å². The third-order valence-corrected chi connectivity index (χ3v) is 1.27. The SMILES string of the molecule is N#Cc1ncc2nc[nH]c2n1. The van der Waals surface area contributed by atoms with Crippen LogP contribution in [0.2, 0.25) is 0 Å². The molecule has 0 aliphatic rings. The Morgan fingerprint density at radius 2 is 2.36 bits per heavy atom. The molecule has 2 aromatic rings. The summed E-state index contributed by atoms with van der Waals surface area (Å²) in [5.74, 6) is 0.154. The first-order valence-electron chi connectivity index (χ1n) is 2.96. The summed E-state index contributed by atoms with van der Waals surface area (Å²) in [6.07, 6.45) is 3.03. The first-order valence-corrected chi connectivity index (χ1v) is 2.96. The predicted octanol–water partition coefficient (Wildman–Crippen LogP) is 0.225. The van der Waals surface area contributed by atoms with Crippen LogP contribution < -0.4 is 0 Å². The van der Waals surface area contributed by atoms with E-state index in [0.29, 0.717) is 11.2 Å². The zero-order valence-electron chi connectivity index (χ0n) is 5.44. The molecule has 0 aromatic carbocycles. The molecule has 2 heterocycles. The maximum Gasteiger partial charge on any atom is 0.234 e. The summed E-state index contributed by atoms with van der Waals surface area (Å²) in [6.45, 7) is 0. The smallest absolute Gasteiger partial charge is 0.234 e. The number of imidazole rings is 1. The molecule has 0 radical (unpaired) electrons. The number of aromatic nitrogens is 4. The van der Waals surface area contributed by atoms with Gasteiger partial charge in [0.15, 0.2) is 5.65 Å². The number of H-pyrrole nitrogens is 1. The van der Waals surface area contributed by atoms with E-state index in [4.69, 9.17) is 5.26 Å². The van der Waals surface area contributed by atoms with Crippen LogP contribution in [0.5, 0.6) is 0 Å². The molecule has 1 N–H and O–H groups in total. The Morgan fingerprint density at radius 1 is 1.45 bits per heavy atom. The lowest BCUT2D eigenvalue weighted by Gasteiger charge is -1.85. The van der Waals surface area contributed by atoms with Crippen molar-refractivity contribution in [3.05, 3.63) is 18.3 Å². The Bertz CT molecular complexity index is 424. The van der Waals surface area contributed by atoms with Crippen molar-refractivity contribution in [3.8, 4) is 6.07 Å². The standard InChI is InChI=1S/C6H3N5/c7-1-5-8-2-4-6(11-5)10-3-9-4/h2-3H,(H,8,9,10,11). The van der Waals surface area contributed by atoms with E-state index < -0.39 is 0 Å². The van der Waals surface area contributed by atoms with E-state index in [1.807, 2.05) is 6.07 Å². The van der Waals surface area contributed by atoms with Gasteiger partial charge in [-0.05, 0) is 0 Å². The van der Waals surface area contributed by atoms with Crippen LogP contribution in [-0.2, 0) is 0 Å².